The van der Waals surface area contributed by atoms with Gasteiger partial charge in [0.25, 0.3) is 0 Å². The third-order valence-electron chi connectivity index (χ3n) is 4.00. The van der Waals surface area contributed by atoms with Crippen molar-refractivity contribution in [2.75, 3.05) is 0 Å². The van der Waals surface area contributed by atoms with Crippen LogP contribution in [0.1, 0.15) is 81.1 Å². The van der Waals surface area contributed by atoms with Crippen molar-refractivity contribution in [3.63, 3.8) is 0 Å². The molecule has 4 nitrogen and oxygen atoms in total. The van der Waals surface area contributed by atoms with Gasteiger partial charge in [-0.15, -0.1) is 0 Å². The van der Waals surface area contributed by atoms with Gasteiger partial charge in [0.05, 0.1) is 0 Å². The zero-order valence-electron chi connectivity index (χ0n) is 16.0. The smallest absolute Gasteiger partial charge is 0.329 e. The predicted octanol–water partition coefficient (Wildman–Crippen LogP) is 4.45. The molecule has 0 saturated carbocycles. The highest BCUT2D eigenvalue weighted by Gasteiger charge is 2.25. The Hall–Kier alpha value is -0.770. The second-order valence-electron chi connectivity index (χ2n) is 9.41. The van der Waals surface area contributed by atoms with Crippen LogP contribution in [0.15, 0.2) is 0 Å². The summed E-state index contributed by atoms with van der Waals surface area (Å²) in [5.74, 6) is 6.31. The van der Waals surface area contributed by atoms with Crippen molar-refractivity contribution in [1.82, 2.24) is 10.7 Å². The van der Waals surface area contributed by atoms with E-state index in [1.54, 1.807) is 0 Å². The fourth-order valence-electron chi connectivity index (χ4n) is 3.43. The van der Waals surface area contributed by atoms with E-state index in [4.69, 9.17) is 5.84 Å². The maximum atomic E-state index is 11.6. The minimum atomic E-state index is -0.283. The Balaban J connectivity index is 4.63. The van der Waals surface area contributed by atoms with E-state index in [1.165, 1.54) is 6.42 Å². The number of hydrogen-bond donors (Lipinski definition) is 3. The number of rotatable bonds is 7. The van der Waals surface area contributed by atoms with Crippen molar-refractivity contribution >= 4 is 6.03 Å². The Morgan fingerprint density at radius 2 is 1.45 bits per heavy atom. The Bertz CT molecular complexity index is 328. The lowest BCUT2D eigenvalue weighted by atomic mass is 9.79. The summed E-state index contributed by atoms with van der Waals surface area (Å²) in [6.45, 7) is 18.1. The van der Waals surface area contributed by atoms with Gasteiger partial charge >= 0.3 is 6.03 Å². The number of hydrogen-bond acceptors (Lipinski definition) is 2. The molecular formula is C18H39N3O. The lowest BCUT2D eigenvalue weighted by molar-refractivity contribution is 0.209. The highest BCUT2D eigenvalue weighted by atomic mass is 16.2. The van der Waals surface area contributed by atoms with E-state index in [0.717, 1.165) is 19.3 Å². The van der Waals surface area contributed by atoms with Gasteiger partial charge in [-0.25, -0.2) is 10.6 Å². The number of nitrogens with one attached hydrogen (secondary N) is 2. The van der Waals surface area contributed by atoms with Gasteiger partial charge in [0, 0.05) is 6.04 Å². The van der Waals surface area contributed by atoms with Gasteiger partial charge in [0.1, 0.15) is 0 Å². The SMILES string of the molecule is CC(CCC(NC(=O)NN)C(C)CC(C)(C)C)CC(C)(C)C. The first-order valence-electron chi connectivity index (χ1n) is 8.61. The van der Waals surface area contributed by atoms with E-state index in [2.05, 4.69) is 66.1 Å². The van der Waals surface area contributed by atoms with Crippen LogP contribution in [0.2, 0.25) is 0 Å². The van der Waals surface area contributed by atoms with Crippen molar-refractivity contribution in [1.29, 1.82) is 0 Å². The zero-order chi connectivity index (χ0) is 17.6. The van der Waals surface area contributed by atoms with E-state index < -0.39 is 0 Å². The maximum Gasteiger partial charge on any atom is 0.329 e. The Morgan fingerprint density at radius 3 is 1.86 bits per heavy atom. The van der Waals surface area contributed by atoms with Gasteiger partial charge in [0.2, 0.25) is 0 Å². The molecule has 0 heterocycles. The molecule has 0 rings (SSSR count). The molecule has 2 amide bonds. The van der Waals surface area contributed by atoms with Gasteiger partial charge in [0.15, 0.2) is 0 Å². The molecule has 0 aliphatic carbocycles. The number of carbonyl (C=O) groups is 1. The summed E-state index contributed by atoms with van der Waals surface area (Å²) >= 11 is 0. The average molecular weight is 314 g/mol. The molecule has 0 aromatic heterocycles. The third kappa shape index (κ3) is 10.9. The van der Waals surface area contributed by atoms with Crippen LogP contribution in [0, 0.1) is 22.7 Å². The van der Waals surface area contributed by atoms with E-state index in [-0.39, 0.29) is 17.5 Å². The summed E-state index contributed by atoms with van der Waals surface area (Å²) < 4.78 is 0. The minimum Gasteiger partial charge on any atom is -0.334 e. The summed E-state index contributed by atoms with van der Waals surface area (Å²) in [7, 11) is 0. The molecular weight excluding hydrogens is 274 g/mol. The highest BCUT2D eigenvalue weighted by molar-refractivity contribution is 5.73. The lowest BCUT2D eigenvalue weighted by Gasteiger charge is -2.31. The molecule has 4 heteroatoms. The van der Waals surface area contributed by atoms with Crippen LogP contribution in [-0.4, -0.2) is 12.1 Å². The molecule has 4 N–H and O–H groups in total. The average Bonchev–Trinajstić information content (AvgIpc) is 2.29. The Kier molecular flexibility index (Phi) is 8.45. The summed E-state index contributed by atoms with van der Waals surface area (Å²) in [4.78, 5) is 11.6. The topological polar surface area (TPSA) is 67.2 Å². The first kappa shape index (κ1) is 21.2. The summed E-state index contributed by atoms with van der Waals surface area (Å²) in [5, 5.41) is 3.03. The molecule has 132 valence electrons. The maximum absolute atomic E-state index is 11.6. The third-order valence-corrected chi connectivity index (χ3v) is 4.00. The van der Waals surface area contributed by atoms with Crippen LogP contribution in [0.4, 0.5) is 4.79 Å². The second kappa shape index (κ2) is 8.76. The molecule has 3 unspecified atom stereocenters. The second-order valence-corrected chi connectivity index (χ2v) is 9.41. The van der Waals surface area contributed by atoms with Crippen LogP contribution in [0.5, 0.6) is 0 Å². The molecule has 0 aromatic rings. The number of urea groups is 1. The number of nitrogens with two attached hydrogens (primary N) is 1. The lowest BCUT2D eigenvalue weighted by Crippen LogP contribution is -2.48. The van der Waals surface area contributed by atoms with Gasteiger partial charge in [-0.05, 0) is 48.3 Å². The normalized spacial score (nSPS) is 16.8. The molecule has 0 radical (unpaired) electrons. The molecule has 0 saturated heterocycles. The van der Waals surface area contributed by atoms with Gasteiger partial charge in [-0.3, -0.25) is 5.43 Å². The Morgan fingerprint density at radius 1 is 0.955 bits per heavy atom. The van der Waals surface area contributed by atoms with Crippen molar-refractivity contribution in [2.45, 2.75) is 87.1 Å². The summed E-state index contributed by atoms with van der Waals surface area (Å²) in [6.07, 6.45) is 4.41. The standard InChI is InChI=1S/C18H39N3O/c1-13(11-17(3,4)5)9-10-15(20-16(22)21-19)14(2)12-18(6,7)8/h13-15H,9-12,19H2,1-8H3,(H2,20,21,22). The predicted molar refractivity (Wildman–Crippen MR) is 95.3 cm³/mol. The molecule has 0 aliphatic heterocycles. The molecule has 0 spiro atoms. The fourth-order valence-corrected chi connectivity index (χ4v) is 3.43. The van der Waals surface area contributed by atoms with E-state index >= 15 is 0 Å². The quantitative estimate of drug-likeness (QED) is 0.369. The van der Waals surface area contributed by atoms with Crippen LogP contribution in [0.25, 0.3) is 0 Å². The van der Waals surface area contributed by atoms with Crippen molar-refractivity contribution < 1.29 is 4.79 Å². The highest BCUT2D eigenvalue weighted by Crippen LogP contribution is 2.30. The summed E-state index contributed by atoms with van der Waals surface area (Å²) in [6, 6.07) is -0.112. The zero-order valence-corrected chi connectivity index (χ0v) is 16.0. The fraction of sp³-hybridized carbons (Fsp3) is 0.944. The largest absolute Gasteiger partial charge is 0.334 e. The van der Waals surface area contributed by atoms with E-state index in [9.17, 15) is 4.79 Å². The Labute approximate surface area is 138 Å². The van der Waals surface area contributed by atoms with E-state index in [1.807, 2.05) is 0 Å². The summed E-state index contributed by atoms with van der Waals surface area (Å²) in [5.41, 5.74) is 2.80. The number of amides is 2. The van der Waals surface area contributed by atoms with Gasteiger partial charge < -0.3 is 5.32 Å². The van der Waals surface area contributed by atoms with Crippen molar-refractivity contribution in [2.24, 2.45) is 28.5 Å². The minimum absolute atomic E-state index is 0.171. The van der Waals surface area contributed by atoms with Crippen molar-refractivity contribution in [3.8, 4) is 0 Å². The molecule has 0 fully saturated rings. The molecule has 22 heavy (non-hydrogen) atoms. The van der Waals surface area contributed by atoms with Gasteiger partial charge in [-0.2, -0.15) is 0 Å². The molecule has 0 aliphatic rings. The van der Waals surface area contributed by atoms with Gasteiger partial charge in [-0.1, -0.05) is 55.4 Å². The van der Waals surface area contributed by atoms with E-state index in [0.29, 0.717) is 17.3 Å². The first-order chi connectivity index (χ1) is 9.84. The van der Waals surface area contributed by atoms with Crippen LogP contribution >= 0.6 is 0 Å². The monoisotopic (exact) mass is 313 g/mol. The van der Waals surface area contributed by atoms with Crippen molar-refractivity contribution in [3.05, 3.63) is 0 Å². The molecule has 3 atom stereocenters. The molecule has 0 aromatic carbocycles. The van der Waals surface area contributed by atoms with Crippen LogP contribution < -0.4 is 16.6 Å². The number of carbonyl (C=O) groups excluding carboxylic acids is 1. The van der Waals surface area contributed by atoms with Crippen LogP contribution in [0.3, 0.4) is 0 Å². The first-order valence-corrected chi connectivity index (χ1v) is 8.61. The van der Waals surface area contributed by atoms with Crippen LogP contribution in [-0.2, 0) is 0 Å². The number of hydrazine groups is 1. The molecule has 0 bridgehead atoms.